The van der Waals surface area contributed by atoms with Crippen molar-refractivity contribution in [1.82, 2.24) is 4.98 Å². The smallest absolute Gasteiger partial charge is 0.183 e. The molecule has 0 aromatic carbocycles. The van der Waals surface area contributed by atoms with Gasteiger partial charge in [0, 0.05) is 11.6 Å². The molecule has 1 heterocycles. The lowest BCUT2D eigenvalue weighted by molar-refractivity contribution is 0.0934. The number of hydrogen-bond acceptors (Lipinski definition) is 2. The molecular weight excluding hydrogens is 174 g/mol. The molecule has 74 valence electrons. The molecule has 0 radical (unpaired) electrons. The Morgan fingerprint density at radius 1 is 1.36 bits per heavy atom. The third-order valence-electron chi connectivity index (χ3n) is 2.70. The first-order valence-corrected chi connectivity index (χ1v) is 5.21. The lowest BCUT2D eigenvalue weighted by Gasteiger charge is -2.05. The Kier molecular flexibility index (Phi) is 2.36. The Morgan fingerprint density at radius 2 is 2.14 bits per heavy atom. The van der Waals surface area contributed by atoms with Gasteiger partial charge in [0.1, 0.15) is 5.69 Å². The molecule has 0 bridgehead atoms. The molecule has 1 aromatic heterocycles. The van der Waals surface area contributed by atoms with Crippen molar-refractivity contribution in [2.75, 3.05) is 0 Å². The molecule has 0 saturated heterocycles. The lowest BCUT2D eigenvalue weighted by atomic mass is 10.0. The quantitative estimate of drug-likeness (QED) is 0.669. The van der Waals surface area contributed by atoms with Crippen LogP contribution in [0.5, 0.6) is 0 Å². The number of hydrogen-bond donors (Lipinski definition) is 0. The average Bonchev–Trinajstić information content (AvgIpc) is 2.62. The van der Waals surface area contributed by atoms with Gasteiger partial charge in [0.15, 0.2) is 5.78 Å². The second-order valence-electron chi connectivity index (χ2n) is 4.17. The molecule has 0 atom stereocenters. The third kappa shape index (κ3) is 1.57. The van der Waals surface area contributed by atoms with Gasteiger partial charge in [-0.1, -0.05) is 19.9 Å². The van der Waals surface area contributed by atoms with E-state index < -0.39 is 0 Å². The van der Waals surface area contributed by atoms with Crippen LogP contribution in [0.25, 0.3) is 0 Å². The van der Waals surface area contributed by atoms with Crippen LogP contribution < -0.4 is 0 Å². The van der Waals surface area contributed by atoms with E-state index in [9.17, 15) is 4.79 Å². The maximum absolute atomic E-state index is 11.7. The number of Topliss-reactive ketones (excluding diaryl/α,β-unsaturated/α-hetero) is 1. The zero-order chi connectivity index (χ0) is 10.1. The van der Waals surface area contributed by atoms with Gasteiger partial charge in [0.05, 0.1) is 0 Å². The van der Waals surface area contributed by atoms with Gasteiger partial charge < -0.3 is 0 Å². The molecule has 0 N–H and O–H groups in total. The van der Waals surface area contributed by atoms with Gasteiger partial charge in [0.2, 0.25) is 0 Å². The fourth-order valence-electron chi connectivity index (χ4n) is 1.85. The minimum atomic E-state index is 0.0435. The number of nitrogens with zero attached hydrogens (tertiary/aromatic N) is 1. The highest BCUT2D eigenvalue weighted by Crippen LogP contribution is 2.20. The van der Waals surface area contributed by atoms with Gasteiger partial charge in [-0.2, -0.15) is 0 Å². The molecule has 0 aliphatic heterocycles. The monoisotopic (exact) mass is 189 g/mol. The summed E-state index contributed by atoms with van der Waals surface area (Å²) < 4.78 is 0. The standard InChI is InChI=1S/C12H15NO/c1-8(2)12(14)11-7-6-9-4-3-5-10(9)13-11/h6-8H,3-5H2,1-2H3. The summed E-state index contributed by atoms with van der Waals surface area (Å²) in [5.41, 5.74) is 3.10. The third-order valence-corrected chi connectivity index (χ3v) is 2.70. The van der Waals surface area contributed by atoms with Crippen molar-refractivity contribution in [2.45, 2.75) is 33.1 Å². The number of aryl methyl sites for hydroxylation is 2. The number of pyridine rings is 1. The van der Waals surface area contributed by atoms with Crippen molar-refractivity contribution in [3.8, 4) is 0 Å². The predicted octanol–water partition coefficient (Wildman–Crippen LogP) is 2.41. The molecule has 1 aliphatic rings. The summed E-state index contributed by atoms with van der Waals surface area (Å²) in [5, 5.41) is 0. The number of ketones is 1. The van der Waals surface area contributed by atoms with Crippen molar-refractivity contribution in [3.05, 3.63) is 29.1 Å². The SMILES string of the molecule is CC(C)C(=O)c1ccc2c(n1)CCC2. The number of aromatic nitrogens is 1. The molecule has 0 amide bonds. The van der Waals surface area contributed by atoms with Crippen molar-refractivity contribution in [1.29, 1.82) is 0 Å². The predicted molar refractivity (Wildman–Crippen MR) is 55.4 cm³/mol. The fraction of sp³-hybridized carbons (Fsp3) is 0.500. The van der Waals surface area contributed by atoms with Gasteiger partial charge in [-0.15, -0.1) is 0 Å². The summed E-state index contributed by atoms with van der Waals surface area (Å²) >= 11 is 0. The van der Waals surface area contributed by atoms with Crippen LogP contribution in [0.15, 0.2) is 12.1 Å². The van der Waals surface area contributed by atoms with E-state index in [4.69, 9.17) is 0 Å². The Hall–Kier alpha value is -1.18. The summed E-state index contributed by atoms with van der Waals surface area (Å²) in [6.07, 6.45) is 3.34. The molecule has 0 saturated carbocycles. The van der Waals surface area contributed by atoms with E-state index in [0.29, 0.717) is 5.69 Å². The van der Waals surface area contributed by atoms with Crippen LogP contribution in [-0.2, 0) is 12.8 Å². The Balaban J connectivity index is 2.33. The lowest BCUT2D eigenvalue weighted by Crippen LogP contribution is -2.10. The Labute approximate surface area is 84.4 Å². The zero-order valence-corrected chi connectivity index (χ0v) is 8.71. The topological polar surface area (TPSA) is 30.0 Å². The van der Waals surface area contributed by atoms with Crippen LogP contribution in [0.3, 0.4) is 0 Å². The van der Waals surface area contributed by atoms with Crippen molar-refractivity contribution >= 4 is 5.78 Å². The molecule has 2 rings (SSSR count). The van der Waals surface area contributed by atoms with Gasteiger partial charge in [-0.3, -0.25) is 4.79 Å². The highest BCUT2D eigenvalue weighted by Gasteiger charge is 2.16. The van der Waals surface area contributed by atoms with E-state index >= 15 is 0 Å². The first-order chi connectivity index (χ1) is 6.68. The van der Waals surface area contributed by atoms with E-state index in [1.54, 1.807) is 0 Å². The second kappa shape index (κ2) is 3.52. The van der Waals surface area contributed by atoms with Crippen LogP contribution in [0.4, 0.5) is 0 Å². The molecular formula is C12H15NO. The van der Waals surface area contributed by atoms with Gasteiger partial charge in [0.25, 0.3) is 0 Å². The molecule has 0 spiro atoms. The van der Waals surface area contributed by atoms with Crippen molar-refractivity contribution < 1.29 is 4.79 Å². The molecule has 14 heavy (non-hydrogen) atoms. The van der Waals surface area contributed by atoms with E-state index in [2.05, 4.69) is 11.1 Å². The Bertz CT molecular complexity index is 369. The summed E-state index contributed by atoms with van der Waals surface area (Å²) in [6.45, 7) is 3.83. The van der Waals surface area contributed by atoms with Crippen LogP contribution in [0, 0.1) is 5.92 Å². The summed E-state index contributed by atoms with van der Waals surface area (Å²) in [7, 11) is 0. The summed E-state index contributed by atoms with van der Waals surface area (Å²) in [5.74, 6) is 0.196. The maximum Gasteiger partial charge on any atom is 0.183 e. The number of carbonyl (C=O) groups is 1. The maximum atomic E-state index is 11.7. The summed E-state index contributed by atoms with van der Waals surface area (Å²) in [6, 6.07) is 3.93. The van der Waals surface area contributed by atoms with Crippen LogP contribution in [0.2, 0.25) is 0 Å². The highest BCUT2D eigenvalue weighted by atomic mass is 16.1. The minimum Gasteiger partial charge on any atom is -0.292 e. The van der Waals surface area contributed by atoms with Crippen LogP contribution in [-0.4, -0.2) is 10.8 Å². The first-order valence-electron chi connectivity index (χ1n) is 5.21. The molecule has 0 unspecified atom stereocenters. The molecule has 1 aromatic rings. The molecule has 1 aliphatic carbocycles. The van der Waals surface area contributed by atoms with Gasteiger partial charge >= 0.3 is 0 Å². The van der Waals surface area contributed by atoms with E-state index in [1.165, 1.54) is 12.0 Å². The van der Waals surface area contributed by atoms with E-state index in [-0.39, 0.29) is 11.7 Å². The molecule has 2 heteroatoms. The van der Waals surface area contributed by atoms with Gasteiger partial charge in [-0.05, 0) is 30.9 Å². The van der Waals surface area contributed by atoms with Crippen molar-refractivity contribution in [2.24, 2.45) is 5.92 Å². The van der Waals surface area contributed by atoms with Crippen molar-refractivity contribution in [3.63, 3.8) is 0 Å². The molecule has 0 fully saturated rings. The summed E-state index contributed by atoms with van der Waals surface area (Å²) in [4.78, 5) is 16.1. The zero-order valence-electron chi connectivity index (χ0n) is 8.71. The number of carbonyl (C=O) groups excluding carboxylic acids is 1. The van der Waals surface area contributed by atoms with Crippen LogP contribution in [0.1, 0.15) is 42.0 Å². The average molecular weight is 189 g/mol. The highest BCUT2D eigenvalue weighted by molar-refractivity contribution is 5.95. The fourth-order valence-corrected chi connectivity index (χ4v) is 1.85. The largest absolute Gasteiger partial charge is 0.292 e. The van der Waals surface area contributed by atoms with E-state index in [0.717, 1.165) is 18.5 Å². The minimum absolute atomic E-state index is 0.0435. The normalized spacial score (nSPS) is 14.5. The second-order valence-corrected chi connectivity index (χ2v) is 4.17. The molecule has 2 nitrogen and oxygen atoms in total. The van der Waals surface area contributed by atoms with Gasteiger partial charge in [-0.25, -0.2) is 4.98 Å². The van der Waals surface area contributed by atoms with E-state index in [1.807, 2.05) is 19.9 Å². The van der Waals surface area contributed by atoms with Crippen LogP contribution >= 0.6 is 0 Å². The Morgan fingerprint density at radius 3 is 2.86 bits per heavy atom. The first kappa shape index (κ1) is 9.38. The number of fused-ring (bicyclic) bond motifs is 1. The number of rotatable bonds is 2.